The van der Waals surface area contributed by atoms with Gasteiger partial charge >= 0.3 is 0 Å². The molecular formula is C24H22N4O4. The van der Waals surface area contributed by atoms with Crippen molar-refractivity contribution >= 4 is 17.3 Å². The van der Waals surface area contributed by atoms with Gasteiger partial charge in [0.15, 0.2) is 0 Å². The fourth-order valence-corrected chi connectivity index (χ4v) is 3.77. The Morgan fingerprint density at radius 3 is 2.38 bits per heavy atom. The van der Waals surface area contributed by atoms with Crippen molar-refractivity contribution in [2.45, 2.75) is 19.6 Å². The first kappa shape index (κ1) is 21.2. The Hall–Kier alpha value is -4.04. The van der Waals surface area contributed by atoms with Crippen LogP contribution < -0.4 is 0 Å². The molecule has 162 valence electrons. The number of nitrogens with zero attached hydrogens (tertiary/aromatic N) is 4. The van der Waals surface area contributed by atoms with E-state index in [4.69, 9.17) is 0 Å². The van der Waals surface area contributed by atoms with Gasteiger partial charge in [0.2, 0.25) is 0 Å². The summed E-state index contributed by atoms with van der Waals surface area (Å²) in [5.74, 6) is -0.117. The van der Waals surface area contributed by atoms with Gasteiger partial charge in [0.05, 0.1) is 17.2 Å². The standard InChI is InChI=1S/C24H22N4O4/c1-17(19-11-13-20(14-12-19)28(31)32)25-27-23(30)16-26(15-18-7-3-2-4-8-18)24(27)21-9-5-6-10-22(21)29/h2-14,24,29H,15-16H2,1H3/b25-17-/t24-/m1/s1. The molecule has 0 aliphatic carbocycles. The van der Waals surface area contributed by atoms with Gasteiger partial charge in [-0.15, -0.1) is 0 Å². The summed E-state index contributed by atoms with van der Waals surface area (Å²) in [6.07, 6.45) is -0.586. The molecule has 1 atom stereocenters. The lowest BCUT2D eigenvalue weighted by Crippen LogP contribution is -2.29. The Labute approximate surface area is 185 Å². The molecule has 1 saturated heterocycles. The van der Waals surface area contributed by atoms with E-state index in [1.54, 1.807) is 37.3 Å². The number of rotatable bonds is 6. The molecule has 1 aliphatic rings. The zero-order valence-corrected chi connectivity index (χ0v) is 17.5. The van der Waals surface area contributed by atoms with Gasteiger partial charge in [-0.05, 0) is 36.2 Å². The largest absolute Gasteiger partial charge is 0.508 e. The van der Waals surface area contributed by atoms with Crippen LogP contribution in [0.25, 0.3) is 0 Å². The maximum atomic E-state index is 13.0. The molecule has 1 N–H and O–H groups in total. The fraction of sp³-hybridized carbons (Fsp3) is 0.167. The van der Waals surface area contributed by atoms with Gasteiger partial charge in [-0.1, -0.05) is 48.5 Å². The van der Waals surface area contributed by atoms with E-state index in [1.165, 1.54) is 17.1 Å². The van der Waals surface area contributed by atoms with E-state index in [0.29, 0.717) is 23.4 Å². The molecule has 8 heteroatoms. The second-order valence-electron chi connectivity index (χ2n) is 7.55. The smallest absolute Gasteiger partial charge is 0.269 e. The van der Waals surface area contributed by atoms with E-state index >= 15 is 0 Å². The molecule has 32 heavy (non-hydrogen) atoms. The number of para-hydroxylation sites is 1. The number of hydrogen-bond acceptors (Lipinski definition) is 6. The number of hydrazone groups is 1. The average molecular weight is 430 g/mol. The second-order valence-corrected chi connectivity index (χ2v) is 7.55. The van der Waals surface area contributed by atoms with Crippen molar-refractivity contribution in [3.63, 3.8) is 0 Å². The SMILES string of the molecule is C/C(=N/N1C(=O)CN(Cc2ccccc2)[C@H]1c1ccccc1O)c1ccc([N+](=O)[O-])cc1. The monoisotopic (exact) mass is 430 g/mol. The Kier molecular flexibility index (Phi) is 5.96. The van der Waals surface area contributed by atoms with E-state index in [2.05, 4.69) is 5.10 Å². The van der Waals surface area contributed by atoms with Gasteiger partial charge in [-0.2, -0.15) is 5.10 Å². The van der Waals surface area contributed by atoms with Crippen molar-refractivity contribution < 1.29 is 14.8 Å². The molecule has 1 aliphatic heterocycles. The summed E-state index contributed by atoms with van der Waals surface area (Å²) < 4.78 is 0. The van der Waals surface area contributed by atoms with Crippen LogP contribution in [-0.2, 0) is 11.3 Å². The summed E-state index contributed by atoms with van der Waals surface area (Å²) in [6, 6.07) is 22.7. The average Bonchev–Trinajstić information content (AvgIpc) is 3.09. The van der Waals surface area contributed by atoms with E-state index < -0.39 is 11.1 Å². The minimum atomic E-state index is -0.586. The van der Waals surface area contributed by atoms with Gasteiger partial charge in [0.1, 0.15) is 11.9 Å². The normalized spacial score (nSPS) is 17.0. The van der Waals surface area contributed by atoms with Crippen molar-refractivity contribution in [2.75, 3.05) is 6.54 Å². The van der Waals surface area contributed by atoms with E-state index in [-0.39, 0.29) is 23.9 Å². The predicted molar refractivity (Wildman–Crippen MR) is 120 cm³/mol. The van der Waals surface area contributed by atoms with Crippen LogP contribution in [0.15, 0.2) is 84.0 Å². The maximum Gasteiger partial charge on any atom is 0.269 e. The lowest BCUT2D eigenvalue weighted by molar-refractivity contribution is -0.384. The van der Waals surface area contributed by atoms with Crippen molar-refractivity contribution in [1.82, 2.24) is 9.91 Å². The van der Waals surface area contributed by atoms with Crippen LogP contribution in [0.4, 0.5) is 5.69 Å². The molecule has 0 radical (unpaired) electrons. The molecule has 4 rings (SSSR count). The number of phenols is 1. The van der Waals surface area contributed by atoms with Crippen LogP contribution in [0.3, 0.4) is 0 Å². The van der Waals surface area contributed by atoms with Crippen LogP contribution in [0.5, 0.6) is 5.75 Å². The van der Waals surface area contributed by atoms with Gasteiger partial charge in [0, 0.05) is 24.2 Å². The number of amides is 1. The zero-order valence-electron chi connectivity index (χ0n) is 17.5. The molecule has 0 spiro atoms. The first-order valence-electron chi connectivity index (χ1n) is 10.1. The van der Waals surface area contributed by atoms with Crippen LogP contribution in [0.1, 0.15) is 29.8 Å². The summed E-state index contributed by atoms with van der Waals surface area (Å²) in [6.45, 7) is 2.40. The van der Waals surface area contributed by atoms with Crippen molar-refractivity contribution in [3.8, 4) is 5.75 Å². The molecule has 3 aromatic carbocycles. The molecule has 8 nitrogen and oxygen atoms in total. The van der Waals surface area contributed by atoms with Crippen molar-refractivity contribution in [2.24, 2.45) is 5.10 Å². The van der Waals surface area contributed by atoms with Gasteiger partial charge in [-0.3, -0.25) is 19.8 Å². The zero-order chi connectivity index (χ0) is 22.7. The van der Waals surface area contributed by atoms with Crippen LogP contribution in [-0.4, -0.2) is 38.1 Å². The lowest BCUT2D eigenvalue weighted by Gasteiger charge is -2.28. The van der Waals surface area contributed by atoms with Crippen molar-refractivity contribution in [3.05, 3.63) is 106 Å². The molecule has 0 saturated carbocycles. The highest BCUT2D eigenvalue weighted by molar-refractivity contribution is 5.99. The Morgan fingerprint density at radius 1 is 1.06 bits per heavy atom. The number of phenolic OH excluding ortho intramolecular Hbond substituents is 1. The Morgan fingerprint density at radius 2 is 1.72 bits per heavy atom. The van der Waals surface area contributed by atoms with E-state index in [9.17, 15) is 20.0 Å². The van der Waals surface area contributed by atoms with Gasteiger partial charge < -0.3 is 5.11 Å². The fourth-order valence-electron chi connectivity index (χ4n) is 3.77. The first-order valence-corrected chi connectivity index (χ1v) is 10.1. The first-order chi connectivity index (χ1) is 15.4. The minimum absolute atomic E-state index is 0.0140. The highest BCUT2D eigenvalue weighted by atomic mass is 16.6. The predicted octanol–water partition coefficient (Wildman–Crippen LogP) is 4.07. The summed E-state index contributed by atoms with van der Waals surface area (Å²) in [5, 5.41) is 27.4. The Bertz CT molecular complexity index is 1160. The number of carbonyl (C=O) groups is 1. The molecule has 1 amide bonds. The van der Waals surface area contributed by atoms with Gasteiger partial charge in [-0.25, -0.2) is 5.01 Å². The Balaban J connectivity index is 1.70. The number of carbonyl (C=O) groups excluding carboxylic acids is 1. The van der Waals surface area contributed by atoms with Gasteiger partial charge in [0.25, 0.3) is 11.6 Å². The lowest BCUT2D eigenvalue weighted by atomic mass is 10.1. The van der Waals surface area contributed by atoms with Crippen LogP contribution in [0, 0.1) is 10.1 Å². The molecule has 0 bridgehead atoms. The number of nitro groups is 1. The van der Waals surface area contributed by atoms with Crippen LogP contribution in [0.2, 0.25) is 0 Å². The summed E-state index contributed by atoms with van der Waals surface area (Å²) >= 11 is 0. The van der Waals surface area contributed by atoms with E-state index in [1.807, 2.05) is 41.3 Å². The summed E-state index contributed by atoms with van der Waals surface area (Å²) in [5.41, 5.74) is 2.81. The third-order valence-electron chi connectivity index (χ3n) is 5.37. The molecule has 0 unspecified atom stereocenters. The third kappa shape index (κ3) is 4.35. The molecule has 1 heterocycles. The quantitative estimate of drug-likeness (QED) is 0.361. The molecule has 0 aromatic heterocycles. The number of hydrogen-bond donors (Lipinski definition) is 1. The highest BCUT2D eigenvalue weighted by Gasteiger charge is 2.40. The number of nitro benzene ring substituents is 1. The molecular weight excluding hydrogens is 408 g/mol. The second kappa shape index (κ2) is 8.99. The number of non-ortho nitro benzene ring substituents is 1. The van der Waals surface area contributed by atoms with E-state index in [0.717, 1.165) is 5.56 Å². The van der Waals surface area contributed by atoms with Crippen molar-refractivity contribution in [1.29, 1.82) is 0 Å². The number of benzene rings is 3. The minimum Gasteiger partial charge on any atom is -0.508 e. The highest BCUT2D eigenvalue weighted by Crippen LogP contribution is 2.37. The van der Waals surface area contributed by atoms with Crippen LogP contribution >= 0.6 is 0 Å². The summed E-state index contributed by atoms with van der Waals surface area (Å²) in [4.78, 5) is 25.4. The number of aromatic hydroxyl groups is 1. The maximum absolute atomic E-state index is 13.0. The molecule has 3 aromatic rings. The summed E-state index contributed by atoms with van der Waals surface area (Å²) in [7, 11) is 0. The molecule has 1 fully saturated rings. The third-order valence-corrected chi connectivity index (χ3v) is 5.37. The topological polar surface area (TPSA) is 99.3 Å².